The van der Waals surface area contributed by atoms with E-state index in [4.69, 9.17) is 0 Å². The number of thiazole rings is 1. The topological polar surface area (TPSA) is 54.9 Å². The predicted molar refractivity (Wildman–Crippen MR) is 86.1 cm³/mol. The third kappa shape index (κ3) is 3.06. The van der Waals surface area contributed by atoms with E-state index in [1.165, 1.54) is 4.70 Å². The van der Waals surface area contributed by atoms with Gasteiger partial charge in [0.25, 0.3) is 5.91 Å². The van der Waals surface area contributed by atoms with Gasteiger partial charge in [0.2, 0.25) is 0 Å². The van der Waals surface area contributed by atoms with Crippen LogP contribution in [0, 0.1) is 6.92 Å². The zero-order chi connectivity index (χ0) is 14.8. The van der Waals surface area contributed by atoms with Crippen LogP contribution in [0.3, 0.4) is 0 Å². The van der Waals surface area contributed by atoms with Gasteiger partial charge in [0.15, 0.2) is 0 Å². The SMILES string of the molecule is CNC(=O)c1cc(Sc2ccc3nc(C)sc3c2)ccn1. The van der Waals surface area contributed by atoms with Crippen LogP contribution in [0.1, 0.15) is 15.5 Å². The van der Waals surface area contributed by atoms with Crippen LogP contribution in [-0.4, -0.2) is 22.9 Å². The van der Waals surface area contributed by atoms with Crippen LogP contribution in [0.25, 0.3) is 10.2 Å². The van der Waals surface area contributed by atoms with Crippen LogP contribution < -0.4 is 5.32 Å². The fourth-order valence-electron chi connectivity index (χ4n) is 1.95. The third-order valence-corrected chi connectivity index (χ3v) is 4.81. The van der Waals surface area contributed by atoms with Gasteiger partial charge < -0.3 is 5.32 Å². The Kier molecular flexibility index (Phi) is 3.90. The van der Waals surface area contributed by atoms with Crippen molar-refractivity contribution in [3.05, 3.63) is 47.2 Å². The molecule has 6 heteroatoms. The van der Waals surface area contributed by atoms with Crippen LogP contribution in [0.2, 0.25) is 0 Å². The van der Waals surface area contributed by atoms with E-state index in [0.29, 0.717) is 5.69 Å². The monoisotopic (exact) mass is 315 g/mol. The Morgan fingerprint density at radius 2 is 2.05 bits per heavy atom. The van der Waals surface area contributed by atoms with Crippen LogP contribution in [-0.2, 0) is 0 Å². The molecular formula is C15H13N3OS2. The molecule has 0 aliphatic rings. The number of hydrogen-bond donors (Lipinski definition) is 1. The van der Waals surface area contributed by atoms with Crippen LogP contribution in [0.5, 0.6) is 0 Å². The molecule has 0 spiro atoms. The van der Waals surface area contributed by atoms with E-state index in [2.05, 4.69) is 21.4 Å². The van der Waals surface area contributed by atoms with Crippen molar-refractivity contribution in [2.24, 2.45) is 0 Å². The summed E-state index contributed by atoms with van der Waals surface area (Å²) in [5.74, 6) is -0.175. The highest BCUT2D eigenvalue weighted by atomic mass is 32.2. The van der Waals surface area contributed by atoms with Gasteiger partial charge >= 0.3 is 0 Å². The van der Waals surface area contributed by atoms with Gasteiger partial charge in [-0.1, -0.05) is 11.8 Å². The van der Waals surface area contributed by atoms with Gasteiger partial charge in [0, 0.05) is 23.0 Å². The minimum atomic E-state index is -0.175. The number of nitrogens with zero attached hydrogens (tertiary/aromatic N) is 2. The molecule has 0 radical (unpaired) electrons. The average Bonchev–Trinajstić information content (AvgIpc) is 2.86. The van der Waals surface area contributed by atoms with Crippen LogP contribution in [0.15, 0.2) is 46.3 Å². The van der Waals surface area contributed by atoms with Gasteiger partial charge in [-0.2, -0.15) is 0 Å². The van der Waals surface area contributed by atoms with Crippen molar-refractivity contribution in [1.29, 1.82) is 0 Å². The summed E-state index contributed by atoms with van der Waals surface area (Å²) >= 11 is 3.30. The van der Waals surface area contributed by atoms with E-state index in [-0.39, 0.29) is 5.91 Å². The smallest absolute Gasteiger partial charge is 0.269 e. The van der Waals surface area contributed by atoms with Gasteiger partial charge in [0.05, 0.1) is 15.2 Å². The van der Waals surface area contributed by atoms with E-state index >= 15 is 0 Å². The highest BCUT2D eigenvalue weighted by molar-refractivity contribution is 7.99. The van der Waals surface area contributed by atoms with E-state index in [1.54, 1.807) is 42.4 Å². The van der Waals surface area contributed by atoms with E-state index in [1.807, 2.05) is 25.1 Å². The molecule has 106 valence electrons. The second-order valence-electron chi connectivity index (χ2n) is 4.42. The van der Waals surface area contributed by atoms with Crippen LogP contribution in [0.4, 0.5) is 0 Å². The van der Waals surface area contributed by atoms with Crippen molar-refractivity contribution >= 4 is 39.2 Å². The number of rotatable bonds is 3. The molecule has 0 bridgehead atoms. The Labute approximate surface area is 130 Å². The lowest BCUT2D eigenvalue weighted by atomic mass is 10.3. The van der Waals surface area contributed by atoms with Crippen molar-refractivity contribution < 1.29 is 4.79 Å². The number of benzene rings is 1. The molecule has 1 N–H and O–H groups in total. The van der Waals surface area contributed by atoms with Gasteiger partial charge in [-0.25, -0.2) is 4.98 Å². The molecule has 1 aromatic carbocycles. The maximum absolute atomic E-state index is 11.6. The first-order chi connectivity index (χ1) is 10.2. The largest absolute Gasteiger partial charge is 0.354 e. The molecule has 0 unspecified atom stereocenters. The molecule has 1 amide bonds. The van der Waals surface area contributed by atoms with Crippen LogP contribution >= 0.6 is 23.1 Å². The highest BCUT2D eigenvalue weighted by Gasteiger charge is 2.07. The molecular weight excluding hydrogens is 302 g/mol. The normalized spacial score (nSPS) is 10.8. The van der Waals surface area contributed by atoms with E-state index in [9.17, 15) is 4.79 Å². The molecule has 21 heavy (non-hydrogen) atoms. The first kappa shape index (κ1) is 14.0. The summed E-state index contributed by atoms with van der Waals surface area (Å²) in [5.41, 5.74) is 1.46. The van der Waals surface area contributed by atoms with Gasteiger partial charge in [-0.05, 0) is 37.3 Å². The zero-order valence-corrected chi connectivity index (χ0v) is 13.2. The average molecular weight is 315 g/mol. The van der Waals surface area contributed by atoms with E-state index in [0.717, 1.165) is 20.3 Å². The summed E-state index contributed by atoms with van der Waals surface area (Å²) < 4.78 is 1.18. The summed E-state index contributed by atoms with van der Waals surface area (Å²) in [6, 6.07) is 9.91. The van der Waals surface area contributed by atoms with Crippen molar-refractivity contribution in [3.8, 4) is 0 Å². The second-order valence-corrected chi connectivity index (χ2v) is 6.80. The number of hydrogen-bond acceptors (Lipinski definition) is 5. The molecule has 0 atom stereocenters. The minimum absolute atomic E-state index is 0.175. The maximum atomic E-state index is 11.6. The third-order valence-electron chi connectivity index (χ3n) is 2.89. The fraction of sp³-hybridized carbons (Fsp3) is 0.133. The zero-order valence-electron chi connectivity index (χ0n) is 11.6. The molecule has 4 nitrogen and oxygen atoms in total. The first-order valence-electron chi connectivity index (χ1n) is 6.39. The summed E-state index contributed by atoms with van der Waals surface area (Å²) in [4.78, 5) is 22.2. The second kappa shape index (κ2) is 5.83. The number of aromatic nitrogens is 2. The molecule has 2 aromatic heterocycles. The number of carbonyl (C=O) groups excluding carboxylic acids is 1. The van der Waals surface area contributed by atoms with Crippen molar-refractivity contribution in [2.45, 2.75) is 16.7 Å². The molecule has 2 heterocycles. The summed E-state index contributed by atoms with van der Waals surface area (Å²) in [6.45, 7) is 2.01. The molecule has 0 saturated heterocycles. The van der Waals surface area contributed by atoms with Gasteiger partial charge in [-0.15, -0.1) is 11.3 Å². The lowest BCUT2D eigenvalue weighted by molar-refractivity contribution is 0.0958. The lowest BCUT2D eigenvalue weighted by Crippen LogP contribution is -2.18. The number of aryl methyl sites for hydroxylation is 1. The number of pyridine rings is 1. The Morgan fingerprint density at radius 3 is 2.86 bits per heavy atom. The standard InChI is InChI=1S/C15H13N3OS2/c1-9-18-12-4-3-10(8-14(12)20-9)21-11-5-6-17-13(7-11)15(19)16-2/h3-8H,1-2H3,(H,16,19). The molecule has 3 rings (SSSR count). The quantitative estimate of drug-likeness (QED) is 0.803. The Hall–Kier alpha value is -1.92. The Morgan fingerprint density at radius 1 is 1.24 bits per heavy atom. The first-order valence-corrected chi connectivity index (χ1v) is 8.02. The molecule has 0 aliphatic heterocycles. The lowest BCUT2D eigenvalue weighted by Gasteiger charge is -2.04. The summed E-state index contributed by atoms with van der Waals surface area (Å²) in [6.07, 6.45) is 1.66. The number of nitrogens with one attached hydrogen (secondary N) is 1. The Bertz CT molecular complexity index is 814. The van der Waals surface area contributed by atoms with Crippen molar-refractivity contribution in [1.82, 2.24) is 15.3 Å². The number of amides is 1. The van der Waals surface area contributed by atoms with E-state index < -0.39 is 0 Å². The predicted octanol–water partition coefficient (Wildman–Crippen LogP) is 3.51. The molecule has 0 fully saturated rings. The summed E-state index contributed by atoms with van der Waals surface area (Å²) in [7, 11) is 1.60. The maximum Gasteiger partial charge on any atom is 0.269 e. The molecule has 3 aromatic rings. The molecule has 0 aliphatic carbocycles. The number of fused-ring (bicyclic) bond motifs is 1. The summed E-state index contributed by atoms with van der Waals surface area (Å²) in [5, 5.41) is 3.65. The van der Waals surface area contributed by atoms with Gasteiger partial charge in [0.1, 0.15) is 5.69 Å². The Balaban J connectivity index is 1.89. The molecule has 0 saturated carbocycles. The fourth-order valence-corrected chi connectivity index (χ4v) is 3.77. The van der Waals surface area contributed by atoms with Gasteiger partial charge in [-0.3, -0.25) is 9.78 Å². The van der Waals surface area contributed by atoms with Crippen molar-refractivity contribution in [2.75, 3.05) is 7.05 Å². The van der Waals surface area contributed by atoms with Crippen molar-refractivity contribution in [3.63, 3.8) is 0 Å². The highest BCUT2D eigenvalue weighted by Crippen LogP contribution is 2.32. The minimum Gasteiger partial charge on any atom is -0.354 e. The number of carbonyl (C=O) groups is 1.